The van der Waals surface area contributed by atoms with E-state index < -0.39 is 35.5 Å². The summed E-state index contributed by atoms with van der Waals surface area (Å²) in [6.45, 7) is 5.18. The molecule has 21 heavy (non-hydrogen) atoms. The number of carbonyl (C=O) groups excluding carboxylic acids is 2. The molecule has 0 saturated carbocycles. The van der Waals surface area contributed by atoms with Gasteiger partial charge in [-0.25, -0.2) is 9.59 Å². The standard InChI is InChI=1S/C13H22N2O6/c1-7(2)9(10(16)20-4)15-12(19)14-8-5-21-6-13(8,3)11(17)18/h7-9H,5-6H2,1-4H3,(H,17,18)(H2,14,15,19). The highest BCUT2D eigenvalue weighted by molar-refractivity contribution is 5.84. The third kappa shape index (κ3) is 3.84. The molecule has 0 aromatic rings. The maximum Gasteiger partial charge on any atom is 0.328 e. The third-order valence-electron chi connectivity index (χ3n) is 3.66. The molecule has 2 amide bonds. The minimum absolute atomic E-state index is 0.0257. The number of hydrogen-bond donors (Lipinski definition) is 3. The molecule has 3 atom stereocenters. The van der Waals surface area contributed by atoms with Crippen LogP contribution in [0.3, 0.4) is 0 Å². The molecule has 8 heteroatoms. The van der Waals surface area contributed by atoms with Crippen molar-refractivity contribution in [2.24, 2.45) is 11.3 Å². The molecule has 1 fully saturated rings. The number of hydrogen-bond acceptors (Lipinski definition) is 5. The van der Waals surface area contributed by atoms with Crippen molar-refractivity contribution in [1.82, 2.24) is 10.6 Å². The van der Waals surface area contributed by atoms with Crippen LogP contribution in [0.2, 0.25) is 0 Å². The highest BCUT2D eigenvalue weighted by Gasteiger charge is 2.47. The van der Waals surface area contributed by atoms with Crippen LogP contribution in [0.5, 0.6) is 0 Å². The van der Waals surface area contributed by atoms with Crippen molar-refractivity contribution in [1.29, 1.82) is 0 Å². The maximum atomic E-state index is 12.0. The van der Waals surface area contributed by atoms with Gasteiger partial charge < -0.3 is 25.2 Å². The summed E-state index contributed by atoms with van der Waals surface area (Å²) in [6, 6.07) is -2.09. The van der Waals surface area contributed by atoms with Crippen LogP contribution in [0.1, 0.15) is 20.8 Å². The Balaban J connectivity index is 2.68. The SMILES string of the molecule is COC(=O)C(NC(=O)NC1COCC1(C)C(=O)O)C(C)C. The van der Waals surface area contributed by atoms with Crippen molar-refractivity contribution in [3.63, 3.8) is 0 Å². The van der Waals surface area contributed by atoms with Gasteiger partial charge in [-0.3, -0.25) is 4.79 Å². The van der Waals surface area contributed by atoms with E-state index in [2.05, 4.69) is 15.4 Å². The van der Waals surface area contributed by atoms with Crippen LogP contribution in [0.25, 0.3) is 0 Å². The summed E-state index contributed by atoms with van der Waals surface area (Å²) in [5, 5.41) is 14.3. The molecule has 1 aliphatic rings. The van der Waals surface area contributed by atoms with Gasteiger partial charge in [0.1, 0.15) is 11.5 Å². The van der Waals surface area contributed by atoms with E-state index >= 15 is 0 Å². The number of amides is 2. The fraction of sp³-hybridized carbons (Fsp3) is 0.769. The Bertz CT molecular complexity index is 425. The quantitative estimate of drug-likeness (QED) is 0.615. The number of rotatable bonds is 5. The van der Waals surface area contributed by atoms with Gasteiger partial charge in [-0.1, -0.05) is 13.8 Å². The molecule has 1 saturated heterocycles. The number of carbonyl (C=O) groups is 3. The Morgan fingerprint density at radius 3 is 2.48 bits per heavy atom. The number of urea groups is 1. The monoisotopic (exact) mass is 302 g/mol. The molecule has 120 valence electrons. The van der Waals surface area contributed by atoms with Gasteiger partial charge in [0.15, 0.2) is 0 Å². The molecule has 0 aromatic heterocycles. The topological polar surface area (TPSA) is 114 Å². The van der Waals surface area contributed by atoms with Crippen LogP contribution >= 0.6 is 0 Å². The fourth-order valence-corrected chi connectivity index (χ4v) is 2.05. The lowest BCUT2D eigenvalue weighted by atomic mass is 9.85. The van der Waals surface area contributed by atoms with Crippen molar-refractivity contribution in [2.75, 3.05) is 20.3 Å². The summed E-state index contributed by atoms with van der Waals surface area (Å²) in [5.74, 6) is -1.75. The number of aliphatic carboxylic acids is 1. The first kappa shape index (κ1) is 17.2. The number of carboxylic acid groups (broad SMARTS) is 1. The molecule has 0 spiro atoms. The van der Waals surface area contributed by atoms with Crippen molar-refractivity contribution in [3.8, 4) is 0 Å². The second kappa shape index (κ2) is 6.75. The molecule has 1 aliphatic heterocycles. The molecule has 0 aliphatic carbocycles. The van der Waals surface area contributed by atoms with E-state index in [-0.39, 0.29) is 19.1 Å². The third-order valence-corrected chi connectivity index (χ3v) is 3.66. The molecule has 0 radical (unpaired) electrons. The molecule has 3 N–H and O–H groups in total. The number of methoxy groups -OCH3 is 1. The van der Waals surface area contributed by atoms with Gasteiger partial charge in [0.2, 0.25) is 0 Å². The van der Waals surface area contributed by atoms with E-state index in [4.69, 9.17) is 4.74 Å². The Labute approximate surface area is 123 Å². The van der Waals surface area contributed by atoms with Crippen LogP contribution in [-0.2, 0) is 19.1 Å². The predicted octanol–water partition coefficient (Wildman–Crippen LogP) is -0.0271. The molecule has 1 rings (SSSR count). The van der Waals surface area contributed by atoms with Gasteiger partial charge in [0.25, 0.3) is 0 Å². The maximum absolute atomic E-state index is 12.0. The number of ether oxygens (including phenoxy) is 2. The molecular formula is C13H22N2O6. The molecule has 1 heterocycles. The zero-order valence-corrected chi connectivity index (χ0v) is 12.6. The molecule has 3 unspecified atom stereocenters. The summed E-state index contributed by atoms with van der Waals surface area (Å²) < 4.78 is 9.76. The smallest absolute Gasteiger partial charge is 0.328 e. The lowest BCUT2D eigenvalue weighted by Gasteiger charge is -2.27. The minimum atomic E-state index is -1.18. The summed E-state index contributed by atoms with van der Waals surface area (Å²) >= 11 is 0. The lowest BCUT2D eigenvalue weighted by Crippen LogP contribution is -2.56. The Morgan fingerprint density at radius 2 is 2.00 bits per heavy atom. The Kier molecular flexibility index (Phi) is 5.54. The van der Waals surface area contributed by atoms with Crippen molar-refractivity contribution in [3.05, 3.63) is 0 Å². The average molecular weight is 302 g/mol. The Hall–Kier alpha value is -1.83. The predicted molar refractivity (Wildman–Crippen MR) is 72.7 cm³/mol. The second-order valence-electron chi connectivity index (χ2n) is 5.65. The Morgan fingerprint density at radius 1 is 1.38 bits per heavy atom. The number of nitrogens with one attached hydrogen (secondary N) is 2. The van der Waals surface area contributed by atoms with Crippen LogP contribution < -0.4 is 10.6 Å². The van der Waals surface area contributed by atoms with Crippen molar-refractivity contribution < 1.29 is 29.0 Å². The first-order valence-corrected chi connectivity index (χ1v) is 6.68. The van der Waals surface area contributed by atoms with E-state index in [1.807, 2.05) is 0 Å². The highest BCUT2D eigenvalue weighted by Crippen LogP contribution is 2.28. The normalized spacial score (nSPS) is 26.2. The zero-order chi connectivity index (χ0) is 16.2. The molecular weight excluding hydrogens is 280 g/mol. The fourth-order valence-electron chi connectivity index (χ4n) is 2.05. The second-order valence-corrected chi connectivity index (χ2v) is 5.65. The van der Waals surface area contributed by atoms with E-state index in [0.29, 0.717) is 0 Å². The zero-order valence-electron chi connectivity index (χ0n) is 12.6. The molecule has 0 bridgehead atoms. The summed E-state index contributed by atoms with van der Waals surface area (Å²) in [6.07, 6.45) is 0. The number of carboxylic acids is 1. The van der Waals surface area contributed by atoms with Crippen LogP contribution in [0, 0.1) is 11.3 Å². The molecule has 8 nitrogen and oxygen atoms in total. The lowest BCUT2D eigenvalue weighted by molar-refractivity contribution is -0.148. The average Bonchev–Trinajstić information content (AvgIpc) is 2.77. The summed E-state index contributed by atoms with van der Waals surface area (Å²) in [7, 11) is 1.24. The van der Waals surface area contributed by atoms with Gasteiger partial charge in [-0.15, -0.1) is 0 Å². The van der Waals surface area contributed by atoms with E-state index in [9.17, 15) is 19.5 Å². The van der Waals surface area contributed by atoms with Gasteiger partial charge in [0, 0.05) is 0 Å². The number of esters is 1. The summed E-state index contributed by atoms with van der Waals surface area (Å²) in [5.41, 5.74) is -1.18. The van der Waals surface area contributed by atoms with Gasteiger partial charge in [-0.05, 0) is 12.8 Å². The highest BCUT2D eigenvalue weighted by atomic mass is 16.5. The van der Waals surface area contributed by atoms with Gasteiger partial charge >= 0.3 is 18.0 Å². The van der Waals surface area contributed by atoms with Crippen LogP contribution in [-0.4, -0.2) is 55.5 Å². The van der Waals surface area contributed by atoms with E-state index in [1.54, 1.807) is 13.8 Å². The first-order valence-electron chi connectivity index (χ1n) is 6.68. The minimum Gasteiger partial charge on any atom is -0.481 e. The van der Waals surface area contributed by atoms with Crippen molar-refractivity contribution >= 4 is 18.0 Å². The van der Waals surface area contributed by atoms with Crippen molar-refractivity contribution in [2.45, 2.75) is 32.9 Å². The van der Waals surface area contributed by atoms with Crippen LogP contribution in [0.4, 0.5) is 4.79 Å². The van der Waals surface area contributed by atoms with Crippen LogP contribution in [0.15, 0.2) is 0 Å². The summed E-state index contributed by atoms with van der Waals surface area (Å²) in [4.78, 5) is 34.8. The van der Waals surface area contributed by atoms with Gasteiger partial charge in [-0.2, -0.15) is 0 Å². The van der Waals surface area contributed by atoms with E-state index in [1.165, 1.54) is 14.0 Å². The first-order chi connectivity index (χ1) is 9.72. The largest absolute Gasteiger partial charge is 0.481 e. The molecule has 0 aromatic carbocycles. The van der Waals surface area contributed by atoms with Gasteiger partial charge in [0.05, 0.1) is 26.4 Å². The van der Waals surface area contributed by atoms with E-state index in [0.717, 1.165) is 0 Å².